The summed E-state index contributed by atoms with van der Waals surface area (Å²) in [5, 5.41) is 13.5. The fourth-order valence-corrected chi connectivity index (χ4v) is 2.22. The van der Waals surface area contributed by atoms with Crippen molar-refractivity contribution in [2.45, 2.75) is 6.10 Å². The van der Waals surface area contributed by atoms with Crippen LogP contribution in [0.3, 0.4) is 0 Å². The van der Waals surface area contributed by atoms with Gasteiger partial charge in [-0.2, -0.15) is 5.10 Å². The summed E-state index contributed by atoms with van der Waals surface area (Å²) in [5.41, 5.74) is 0.894. The number of aromatic carboxylic acids is 1. The van der Waals surface area contributed by atoms with Gasteiger partial charge in [-0.05, 0) is 0 Å². The Morgan fingerprint density at radius 1 is 1.53 bits per heavy atom. The third-order valence-electron chi connectivity index (χ3n) is 2.84. The van der Waals surface area contributed by atoms with Crippen LogP contribution in [-0.4, -0.2) is 45.5 Å². The molecule has 0 aliphatic carbocycles. The van der Waals surface area contributed by atoms with Crippen LogP contribution in [0.15, 0.2) is 12.3 Å². The second kappa shape index (κ2) is 4.76. The standard InChI is InChI=1S/C11H10ClN3O4/c12-8-3-9-13-4-6(11(16)17)10(15(9)14-8)7-5-18-1-2-19-7/h3-4,7H,1-2,5H2,(H,16,17). The van der Waals surface area contributed by atoms with Gasteiger partial charge in [0, 0.05) is 12.3 Å². The number of carboxylic acids is 1. The van der Waals surface area contributed by atoms with E-state index >= 15 is 0 Å². The van der Waals surface area contributed by atoms with Crippen molar-refractivity contribution in [1.82, 2.24) is 14.6 Å². The lowest BCUT2D eigenvalue weighted by atomic mass is 10.1. The fourth-order valence-electron chi connectivity index (χ4n) is 2.04. The number of carbonyl (C=O) groups is 1. The number of hydrogen-bond acceptors (Lipinski definition) is 5. The molecule has 0 bridgehead atoms. The van der Waals surface area contributed by atoms with E-state index in [0.717, 1.165) is 0 Å². The lowest BCUT2D eigenvalue weighted by Gasteiger charge is -2.24. The first-order chi connectivity index (χ1) is 9.16. The summed E-state index contributed by atoms with van der Waals surface area (Å²) in [7, 11) is 0. The number of carboxylic acid groups (broad SMARTS) is 1. The Balaban J connectivity index is 2.21. The number of aromatic nitrogens is 3. The van der Waals surface area contributed by atoms with Gasteiger partial charge in [0.2, 0.25) is 0 Å². The monoisotopic (exact) mass is 283 g/mol. The summed E-state index contributed by atoms with van der Waals surface area (Å²) in [5.74, 6) is -1.09. The minimum absolute atomic E-state index is 0.0303. The number of rotatable bonds is 2. The van der Waals surface area contributed by atoms with E-state index in [1.807, 2.05) is 0 Å². The SMILES string of the molecule is O=C(O)c1cnc2cc(Cl)nn2c1C1COCCO1. The van der Waals surface area contributed by atoms with E-state index in [9.17, 15) is 9.90 Å². The van der Waals surface area contributed by atoms with Crippen molar-refractivity contribution < 1.29 is 19.4 Å². The van der Waals surface area contributed by atoms with Gasteiger partial charge >= 0.3 is 5.97 Å². The first-order valence-corrected chi connectivity index (χ1v) is 6.01. The van der Waals surface area contributed by atoms with Crippen LogP contribution in [0.2, 0.25) is 5.15 Å². The zero-order valence-electron chi connectivity index (χ0n) is 9.74. The molecule has 3 rings (SSSR count). The van der Waals surface area contributed by atoms with E-state index in [2.05, 4.69) is 10.1 Å². The predicted molar refractivity (Wildman–Crippen MR) is 64.5 cm³/mol. The van der Waals surface area contributed by atoms with Crippen LogP contribution in [-0.2, 0) is 9.47 Å². The maximum atomic E-state index is 11.3. The molecule has 1 unspecified atom stereocenters. The number of halogens is 1. The van der Waals surface area contributed by atoms with Gasteiger partial charge in [0.25, 0.3) is 0 Å². The van der Waals surface area contributed by atoms with Gasteiger partial charge in [0.15, 0.2) is 10.8 Å². The molecule has 0 saturated carbocycles. The third kappa shape index (κ3) is 2.16. The van der Waals surface area contributed by atoms with Crippen LogP contribution in [0.25, 0.3) is 5.65 Å². The molecule has 3 heterocycles. The van der Waals surface area contributed by atoms with Crippen LogP contribution in [0, 0.1) is 0 Å². The largest absolute Gasteiger partial charge is 0.478 e. The van der Waals surface area contributed by atoms with Crippen molar-refractivity contribution in [3.8, 4) is 0 Å². The van der Waals surface area contributed by atoms with Gasteiger partial charge in [-0.1, -0.05) is 11.6 Å². The Morgan fingerprint density at radius 2 is 2.37 bits per heavy atom. The molecule has 1 saturated heterocycles. The molecule has 1 atom stereocenters. The lowest BCUT2D eigenvalue weighted by Crippen LogP contribution is -2.26. The Kier molecular flexibility index (Phi) is 3.09. The van der Waals surface area contributed by atoms with E-state index in [-0.39, 0.29) is 17.3 Å². The van der Waals surface area contributed by atoms with E-state index < -0.39 is 12.1 Å². The van der Waals surface area contributed by atoms with Crippen molar-refractivity contribution in [2.24, 2.45) is 0 Å². The minimum Gasteiger partial charge on any atom is -0.478 e. The summed E-state index contributed by atoms with van der Waals surface area (Å²) in [6.45, 7) is 1.17. The Labute approximate surface area is 112 Å². The molecule has 1 N–H and O–H groups in total. The second-order valence-electron chi connectivity index (χ2n) is 4.03. The van der Waals surface area contributed by atoms with Crippen molar-refractivity contribution in [3.05, 3.63) is 28.7 Å². The van der Waals surface area contributed by atoms with Gasteiger partial charge in [0.1, 0.15) is 11.7 Å². The molecule has 0 amide bonds. The van der Waals surface area contributed by atoms with Crippen LogP contribution in [0.5, 0.6) is 0 Å². The summed E-state index contributed by atoms with van der Waals surface area (Å²) in [4.78, 5) is 15.3. The Morgan fingerprint density at radius 3 is 3.05 bits per heavy atom. The summed E-state index contributed by atoms with van der Waals surface area (Å²) in [6.07, 6.45) is 0.782. The molecule has 0 aromatic carbocycles. The quantitative estimate of drug-likeness (QED) is 0.890. The van der Waals surface area contributed by atoms with Gasteiger partial charge in [-0.25, -0.2) is 14.3 Å². The second-order valence-corrected chi connectivity index (χ2v) is 4.42. The fraction of sp³-hybridized carbons (Fsp3) is 0.364. The molecule has 2 aromatic heterocycles. The van der Waals surface area contributed by atoms with Crippen molar-refractivity contribution in [3.63, 3.8) is 0 Å². The minimum atomic E-state index is -1.09. The van der Waals surface area contributed by atoms with E-state index in [0.29, 0.717) is 24.6 Å². The summed E-state index contributed by atoms with van der Waals surface area (Å²) >= 11 is 5.83. The number of nitrogens with zero attached hydrogens (tertiary/aromatic N) is 3. The van der Waals surface area contributed by atoms with Crippen LogP contribution < -0.4 is 0 Å². The highest BCUT2D eigenvalue weighted by Crippen LogP contribution is 2.25. The van der Waals surface area contributed by atoms with Crippen molar-refractivity contribution in [1.29, 1.82) is 0 Å². The molecule has 19 heavy (non-hydrogen) atoms. The molecule has 1 fully saturated rings. The first kappa shape index (κ1) is 12.3. The normalized spacial score (nSPS) is 19.7. The van der Waals surface area contributed by atoms with E-state index in [1.165, 1.54) is 10.7 Å². The topological polar surface area (TPSA) is 86.0 Å². The molecule has 8 heteroatoms. The number of hydrogen-bond donors (Lipinski definition) is 1. The summed E-state index contributed by atoms with van der Waals surface area (Å²) in [6, 6.07) is 1.56. The molecule has 1 aliphatic heterocycles. The third-order valence-corrected chi connectivity index (χ3v) is 3.03. The molecule has 100 valence electrons. The van der Waals surface area contributed by atoms with Crippen molar-refractivity contribution >= 4 is 23.2 Å². The maximum absolute atomic E-state index is 11.3. The molecule has 1 aliphatic rings. The Hall–Kier alpha value is -1.70. The molecule has 0 spiro atoms. The zero-order chi connectivity index (χ0) is 13.4. The maximum Gasteiger partial charge on any atom is 0.339 e. The number of fused-ring (bicyclic) bond motifs is 1. The van der Waals surface area contributed by atoms with Gasteiger partial charge < -0.3 is 14.6 Å². The van der Waals surface area contributed by atoms with Crippen LogP contribution in [0.4, 0.5) is 0 Å². The molecule has 2 aromatic rings. The zero-order valence-corrected chi connectivity index (χ0v) is 10.5. The first-order valence-electron chi connectivity index (χ1n) is 5.63. The van der Waals surface area contributed by atoms with Crippen molar-refractivity contribution in [2.75, 3.05) is 19.8 Å². The molecule has 7 nitrogen and oxygen atoms in total. The van der Waals surface area contributed by atoms with E-state index in [4.69, 9.17) is 21.1 Å². The highest BCUT2D eigenvalue weighted by atomic mass is 35.5. The van der Waals surface area contributed by atoms with Gasteiger partial charge in [-0.15, -0.1) is 0 Å². The van der Waals surface area contributed by atoms with E-state index in [1.54, 1.807) is 6.07 Å². The average molecular weight is 284 g/mol. The van der Waals surface area contributed by atoms with Crippen LogP contribution >= 0.6 is 11.6 Å². The molecular formula is C11H10ClN3O4. The number of ether oxygens (including phenoxy) is 2. The molecule has 0 radical (unpaired) electrons. The summed E-state index contributed by atoms with van der Waals surface area (Å²) < 4.78 is 12.3. The smallest absolute Gasteiger partial charge is 0.339 e. The van der Waals surface area contributed by atoms with Gasteiger partial charge in [0.05, 0.1) is 25.5 Å². The highest BCUT2D eigenvalue weighted by Gasteiger charge is 2.27. The van der Waals surface area contributed by atoms with Gasteiger partial charge in [-0.3, -0.25) is 0 Å². The average Bonchev–Trinajstić information content (AvgIpc) is 2.78. The Bertz CT molecular complexity index is 636. The molecular weight excluding hydrogens is 274 g/mol. The lowest BCUT2D eigenvalue weighted by molar-refractivity contribution is -0.0928. The van der Waals surface area contributed by atoms with Crippen LogP contribution in [0.1, 0.15) is 22.2 Å². The highest BCUT2D eigenvalue weighted by molar-refractivity contribution is 6.29. The predicted octanol–water partition coefficient (Wildman–Crippen LogP) is 1.17.